The van der Waals surface area contributed by atoms with Gasteiger partial charge in [0.2, 0.25) is 10.2 Å². The first kappa shape index (κ1) is 25.2. The number of thioether (sulfide) groups is 2. The lowest BCUT2D eigenvalue weighted by Gasteiger charge is -2.40. The van der Waals surface area contributed by atoms with Gasteiger partial charge in [0.25, 0.3) is 0 Å². The highest BCUT2D eigenvalue weighted by molar-refractivity contribution is 8.18. The molecule has 0 spiro atoms. The lowest BCUT2D eigenvalue weighted by molar-refractivity contribution is -0.197. The molecular weight excluding hydrogens is 484 g/mol. The predicted molar refractivity (Wildman–Crippen MR) is 137 cm³/mol. The molecule has 0 bridgehead atoms. The summed E-state index contributed by atoms with van der Waals surface area (Å²) in [7, 11) is 1.46. The maximum absolute atomic E-state index is 13.2. The highest BCUT2D eigenvalue weighted by Crippen LogP contribution is 2.38. The number of rotatable bonds is 7. The third-order valence-corrected chi connectivity index (χ3v) is 8.06. The lowest BCUT2D eigenvalue weighted by atomic mass is 10.1. The van der Waals surface area contributed by atoms with Gasteiger partial charge >= 0.3 is 5.97 Å². The van der Waals surface area contributed by atoms with Crippen LogP contribution in [0.5, 0.6) is 0 Å². The fraction of sp³-hybridized carbons (Fsp3) is 0.222. The number of methoxy groups -OCH3 is 1. The predicted octanol–water partition coefficient (Wildman–Crippen LogP) is 5.10. The second kappa shape index (κ2) is 12.2. The maximum atomic E-state index is 13.2. The Hall–Kier alpha value is -2.91. The van der Waals surface area contributed by atoms with Crippen molar-refractivity contribution in [2.45, 2.75) is 22.9 Å². The Morgan fingerprint density at radius 1 is 0.743 bits per heavy atom. The summed E-state index contributed by atoms with van der Waals surface area (Å²) in [5.74, 6) is -0.556. The van der Waals surface area contributed by atoms with Crippen LogP contribution in [0, 0.1) is 0 Å². The van der Waals surface area contributed by atoms with E-state index in [2.05, 4.69) is 0 Å². The molecule has 3 aromatic carbocycles. The Morgan fingerprint density at radius 2 is 1.23 bits per heavy atom. The van der Waals surface area contributed by atoms with E-state index >= 15 is 0 Å². The Bertz CT molecular complexity index is 1140. The molecule has 4 atom stereocenters. The Kier molecular flexibility index (Phi) is 8.76. The summed E-state index contributed by atoms with van der Waals surface area (Å²) in [6.45, 7) is 0.154. The van der Waals surface area contributed by atoms with Crippen molar-refractivity contribution in [2.24, 2.45) is 0 Å². The smallest absolute Gasteiger partial charge is 0.338 e. The van der Waals surface area contributed by atoms with E-state index in [4.69, 9.17) is 14.2 Å². The summed E-state index contributed by atoms with van der Waals surface area (Å²) in [5, 5.41) is -1.39. The molecule has 1 saturated heterocycles. The van der Waals surface area contributed by atoms with E-state index in [-0.39, 0.29) is 16.8 Å². The van der Waals surface area contributed by atoms with Crippen molar-refractivity contribution >= 4 is 39.7 Å². The van der Waals surface area contributed by atoms with E-state index in [0.717, 1.165) is 23.5 Å². The van der Waals surface area contributed by atoms with Crippen molar-refractivity contribution in [1.82, 2.24) is 0 Å². The fourth-order valence-electron chi connectivity index (χ4n) is 3.63. The van der Waals surface area contributed by atoms with Gasteiger partial charge in [-0.3, -0.25) is 9.59 Å². The van der Waals surface area contributed by atoms with Gasteiger partial charge in [-0.1, -0.05) is 102 Å². The van der Waals surface area contributed by atoms with E-state index in [9.17, 15) is 14.4 Å². The van der Waals surface area contributed by atoms with Crippen LogP contribution < -0.4 is 0 Å². The first-order chi connectivity index (χ1) is 17.1. The highest BCUT2D eigenvalue weighted by Gasteiger charge is 2.46. The van der Waals surface area contributed by atoms with E-state index in [1.165, 1.54) is 7.11 Å². The van der Waals surface area contributed by atoms with Gasteiger partial charge in [-0.25, -0.2) is 4.79 Å². The van der Waals surface area contributed by atoms with Gasteiger partial charge in [0.1, 0.15) is 0 Å². The topological polar surface area (TPSA) is 78.9 Å². The molecule has 0 aliphatic carbocycles. The molecule has 0 aromatic heterocycles. The van der Waals surface area contributed by atoms with E-state index < -0.39 is 28.9 Å². The largest absolute Gasteiger partial charge is 0.452 e. The normalized spacial score (nSPS) is 21.7. The molecule has 8 heteroatoms. The van der Waals surface area contributed by atoms with Crippen molar-refractivity contribution in [2.75, 3.05) is 13.7 Å². The van der Waals surface area contributed by atoms with Crippen LogP contribution in [0.1, 0.15) is 31.1 Å². The molecule has 4 unspecified atom stereocenters. The molecule has 0 N–H and O–H groups in total. The Balaban J connectivity index is 1.62. The van der Waals surface area contributed by atoms with Crippen LogP contribution in [0.15, 0.2) is 91.0 Å². The first-order valence-corrected chi connectivity index (χ1v) is 12.7. The lowest BCUT2D eigenvalue weighted by Crippen LogP contribution is -2.53. The second-order valence-electron chi connectivity index (χ2n) is 7.72. The van der Waals surface area contributed by atoms with E-state index in [1.807, 2.05) is 12.1 Å². The second-order valence-corrected chi connectivity index (χ2v) is 10.1. The van der Waals surface area contributed by atoms with Crippen LogP contribution in [0.3, 0.4) is 0 Å². The van der Waals surface area contributed by atoms with Gasteiger partial charge in [-0.05, 0) is 12.1 Å². The van der Waals surface area contributed by atoms with Gasteiger partial charge in [0.15, 0.2) is 12.4 Å². The summed E-state index contributed by atoms with van der Waals surface area (Å²) in [6.07, 6.45) is -1.80. The summed E-state index contributed by atoms with van der Waals surface area (Å²) in [4.78, 5) is 39.1. The van der Waals surface area contributed by atoms with Crippen LogP contribution in [-0.2, 0) is 14.2 Å². The number of carbonyl (C=O) groups excluding carboxylic acids is 3. The zero-order valence-corrected chi connectivity index (χ0v) is 20.6. The summed E-state index contributed by atoms with van der Waals surface area (Å²) < 4.78 is 17.2. The van der Waals surface area contributed by atoms with Crippen LogP contribution in [0.25, 0.3) is 0 Å². The monoisotopic (exact) mass is 508 g/mol. The van der Waals surface area contributed by atoms with Crippen molar-refractivity contribution < 1.29 is 28.6 Å². The molecule has 0 radical (unpaired) electrons. The third kappa shape index (κ3) is 6.41. The SMILES string of the molecule is COC1OCC(SC(=O)c2ccccc2)C(SC(=O)c2ccccc2)C1OC(=O)c1ccccc1. The molecule has 180 valence electrons. The first-order valence-electron chi connectivity index (χ1n) is 11.0. The molecule has 0 saturated carbocycles. The number of esters is 1. The van der Waals surface area contributed by atoms with Crippen LogP contribution in [-0.4, -0.2) is 52.8 Å². The zero-order chi connectivity index (χ0) is 24.6. The quantitative estimate of drug-likeness (QED) is 0.408. The Labute approximate surface area is 212 Å². The van der Waals surface area contributed by atoms with Crippen LogP contribution >= 0.6 is 23.5 Å². The molecule has 1 aliphatic rings. The van der Waals surface area contributed by atoms with E-state index in [1.54, 1.807) is 78.9 Å². The minimum absolute atomic E-state index is 0.152. The standard InChI is InChI=1S/C27H24O6S2/c1-31-27-22(33-24(28)18-11-5-2-6-12-18)23(35-26(30)20-15-9-4-10-16-20)21(17-32-27)34-25(29)19-13-7-3-8-14-19/h2-16,21-23,27H,17H2,1H3. The van der Waals surface area contributed by atoms with Crippen molar-refractivity contribution in [1.29, 1.82) is 0 Å². The summed E-state index contributed by atoms with van der Waals surface area (Å²) in [5.41, 5.74) is 1.43. The maximum Gasteiger partial charge on any atom is 0.338 e. The number of carbonyl (C=O) groups is 3. The minimum Gasteiger partial charge on any atom is -0.452 e. The fourth-order valence-corrected chi connectivity index (χ4v) is 6.01. The molecule has 0 amide bonds. The molecule has 35 heavy (non-hydrogen) atoms. The molecule has 3 aromatic rings. The van der Waals surface area contributed by atoms with Crippen LogP contribution in [0.4, 0.5) is 0 Å². The average molecular weight is 509 g/mol. The number of benzene rings is 3. The number of hydrogen-bond donors (Lipinski definition) is 0. The summed E-state index contributed by atoms with van der Waals surface area (Å²) in [6, 6.07) is 26.3. The zero-order valence-electron chi connectivity index (χ0n) is 18.9. The van der Waals surface area contributed by atoms with Crippen molar-refractivity contribution in [3.05, 3.63) is 108 Å². The van der Waals surface area contributed by atoms with Gasteiger partial charge in [-0.15, -0.1) is 0 Å². The van der Waals surface area contributed by atoms with Gasteiger partial charge in [-0.2, -0.15) is 0 Å². The van der Waals surface area contributed by atoms with Gasteiger partial charge in [0, 0.05) is 18.2 Å². The van der Waals surface area contributed by atoms with Crippen molar-refractivity contribution in [3.63, 3.8) is 0 Å². The minimum atomic E-state index is -0.916. The van der Waals surface area contributed by atoms with E-state index in [0.29, 0.717) is 16.7 Å². The average Bonchev–Trinajstić information content (AvgIpc) is 2.91. The Morgan fingerprint density at radius 3 is 1.74 bits per heavy atom. The molecule has 1 fully saturated rings. The number of hydrogen-bond acceptors (Lipinski definition) is 8. The van der Waals surface area contributed by atoms with Gasteiger partial charge in [0.05, 0.1) is 22.7 Å². The molecular formula is C27H24O6S2. The van der Waals surface area contributed by atoms with Gasteiger partial charge < -0.3 is 14.2 Å². The molecule has 6 nitrogen and oxygen atoms in total. The van der Waals surface area contributed by atoms with Crippen LogP contribution in [0.2, 0.25) is 0 Å². The summed E-state index contributed by atoms with van der Waals surface area (Å²) >= 11 is 2.11. The van der Waals surface area contributed by atoms with Crippen molar-refractivity contribution in [3.8, 4) is 0 Å². The molecule has 1 heterocycles. The molecule has 1 aliphatic heterocycles. The number of ether oxygens (including phenoxy) is 3. The molecule has 4 rings (SSSR count). The third-order valence-electron chi connectivity index (χ3n) is 5.39. The highest BCUT2D eigenvalue weighted by atomic mass is 32.2.